The second-order valence-electron chi connectivity index (χ2n) is 6.00. The van der Waals surface area contributed by atoms with Gasteiger partial charge >= 0.3 is 0 Å². The highest BCUT2D eigenvalue weighted by atomic mass is 32.1. The molecule has 1 aliphatic carbocycles. The van der Waals surface area contributed by atoms with Crippen LogP contribution in [0.2, 0.25) is 0 Å². The van der Waals surface area contributed by atoms with E-state index in [2.05, 4.69) is 29.4 Å². The Morgan fingerprint density at radius 2 is 2.13 bits per heavy atom. The van der Waals surface area contributed by atoms with E-state index in [0.717, 1.165) is 29.3 Å². The molecule has 2 atom stereocenters. The molecule has 0 aliphatic heterocycles. The number of ether oxygens (including phenoxy) is 1. The highest BCUT2D eigenvalue weighted by Crippen LogP contribution is 2.48. The molecule has 1 amide bonds. The fraction of sp³-hybridized carbons (Fsp3) is 0.444. The maximum Gasteiger partial charge on any atom is 0.226 e. The Morgan fingerprint density at radius 1 is 1.39 bits per heavy atom. The summed E-state index contributed by atoms with van der Waals surface area (Å²) in [7, 11) is 3.53. The number of aryl methyl sites for hydroxylation is 1. The number of thiazole rings is 1. The van der Waals surface area contributed by atoms with Crippen LogP contribution in [0.25, 0.3) is 0 Å². The third kappa shape index (κ3) is 3.55. The highest BCUT2D eigenvalue weighted by molar-refractivity contribution is 7.09. The lowest BCUT2D eigenvalue weighted by Gasteiger charge is -2.16. The van der Waals surface area contributed by atoms with E-state index in [4.69, 9.17) is 4.74 Å². The molecule has 2 aromatic rings. The van der Waals surface area contributed by atoms with Gasteiger partial charge in [-0.2, -0.15) is 0 Å². The molecule has 0 saturated heterocycles. The fourth-order valence-electron chi connectivity index (χ4n) is 2.88. The van der Waals surface area contributed by atoms with Crippen LogP contribution in [0.5, 0.6) is 5.75 Å². The number of hydrogen-bond donors (Lipinski definition) is 0. The molecule has 1 saturated carbocycles. The summed E-state index contributed by atoms with van der Waals surface area (Å²) in [6.07, 6.45) is 1.89. The smallest absolute Gasteiger partial charge is 0.226 e. The van der Waals surface area contributed by atoms with E-state index < -0.39 is 0 Å². The van der Waals surface area contributed by atoms with Gasteiger partial charge in [0.15, 0.2) is 0 Å². The summed E-state index contributed by atoms with van der Waals surface area (Å²) in [5.41, 5.74) is 2.21. The molecule has 0 N–H and O–H groups in total. The Kier molecular flexibility index (Phi) is 4.66. The van der Waals surface area contributed by atoms with Crippen LogP contribution in [0.1, 0.15) is 35.5 Å². The van der Waals surface area contributed by atoms with Crippen LogP contribution in [-0.4, -0.2) is 29.9 Å². The van der Waals surface area contributed by atoms with Gasteiger partial charge in [0.25, 0.3) is 0 Å². The summed E-state index contributed by atoms with van der Waals surface area (Å²) >= 11 is 1.67. The number of methoxy groups -OCH3 is 1. The Labute approximate surface area is 141 Å². The number of carbonyl (C=O) groups excluding carboxylic acids is 1. The first-order valence-corrected chi connectivity index (χ1v) is 8.82. The summed E-state index contributed by atoms with van der Waals surface area (Å²) in [5.74, 6) is 1.52. The number of rotatable bonds is 6. The number of aromatic nitrogens is 1. The normalized spacial score (nSPS) is 19.4. The molecule has 122 valence electrons. The zero-order valence-corrected chi connectivity index (χ0v) is 14.6. The van der Waals surface area contributed by atoms with Crippen molar-refractivity contribution < 1.29 is 9.53 Å². The number of amides is 1. The van der Waals surface area contributed by atoms with Crippen molar-refractivity contribution in [1.29, 1.82) is 0 Å². The van der Waals surface area contributed by atoms with Crippen molar-refractivity contribution in [3.05, 3.63) is 45.9 Å². The van der Waals surface area contributed by atoms with Gasteiger partial charge < -0.3 is 9.64 Å². The first-order chi connectivity index (χ1) is 11.1. The summed E-state index contributed by atoms with van der Waals surface area (Å²) in [5, 5.41) is 3.18. The van der Waals surface area contributed by atoms with Crippen molar-refractivity contribution in [3.8, 4) is 5.75 Å². The highest BCUT2D eigenvalue weighted by Gasteiger charge is 2.45. The molecule has 1 fully saturated rings. The van der Waals surface area contributed by atoms with Gasteiger partial charge in [-0.3, -0.25) is 4.79 Å². The van der Waals surface area contributed by atoms with Gasteiger partial charge in [-0.25, -0.2) is 4.98 Å². The molecule has 1 aromatic heterocycles. The molecular formula is C18H22N2O2S. The minimum atomic E-state index is 0.109. The lowest BCUT2D eigenvalue weighted by atomic mass is 10.1. The molecule has 0 radical (unpaired) electrons. The molecule has 0 spiro atoms. The molecule has 0 unspecified atom stereocenters. The molecule has 1 aliphatic rings. The van der Waals surface area contributed by atoms with E-state index in [9.17, 15) is 4.79 Å². The zero-order valence-electron chi connectivity index (χ0n) is 13.8. The van der Waals surface area contributed by atoms with Crippen LogP contribution in [0.3, 0.4) is 0 Å². The Hall–Kier alpha value is -1.88. The van der Waals surface area contributed by atoms with Crippen molar-refractivity contribution in [2.45, 2.75) is 32.2 Å². The molecule has 0 bridgehead atoms. The van der Waals surface area contributed by atoms with Crippen LogP contribution in [0.15, 0.2) is 29.6 Å². The van der Waals surface area contributed by atoms with Gasteiger partial charge in [-0.15, -0.1) is 11.3 Å². The zero-order chi connectivity index (χ0) is 16.4. The lowest BCUT2D eigenvalue weighted by Crippen LogP contribution is -2.28. The molecule has 3 rings (SSSR count). The van der Waals surface area contributed by atoms with E-state index in [1.807, 2.05) is 24.1 Å². The first kappa shape index (κ1) is 16.0. The van der Waals surface area contributed by atoms with E-state index in [0.29, 0.717) is 12.5 Å². The molecule has 1 aromatic carbocycles. The fourth-order valence-corrected chi connectivity index (χ4v) is 3.61. The molecule has 5 heteroatoms. The van der Waals surface area contributed by atoms with E-state index in [1.165, 1.54) is 5.56 Å². The number of nitrogens with zero attached hydrogens (tertiary/aromatic N) is 2. The molecule has 23 heavy (non-hydrogen) atoms. The Balaban J connectivity index is 1.58. The number of carbonyl (C=O) groups is 1. The van der Waals surface area contributed by atoms with Gasteiger partial charge in [0.1, 0.15) is 5.75 Å². The van der Waals surface area contributed by atoms with Gasteiger partial charge in [0.05, 0.1) is 24.4 Å². The first-order valence-electron chi connectivity index (χ1n) is 7.94. The minimum absolute atomic E-state index is 0.109. The predicted octanol–water partition coefficient (Wildman–Crippen LogP) is 3.48. The summed E-state index contributed by atoms with van der Waals surface area (Å²) in [4.78, 5) is 18.9. The van der Waals surface area contributed by atoms with Crippen molar-refractivity contribution in [1.82, 2.24) is 9.88 Å². The topological polar surface area (TPSA) is 42.4 Å². The third-order valence-corrected chi connectivity index (χ3v) is 5.37. The van der Waals surface area contributed by atoms with Crippen molar-refractivity contribution in [2.75, 3.05) is 14.2 Å². The molecule has 4 nitrogen and oxygen atoms in total. The quantitative estimate of drug-likeness (QED) is 0.814. The van der Waals surface area contributed by atoms with Gasteiger partial charge in [0.2, 0.25) is 5.91 Å². The monoisotopic (exact) mass is 330 g/mol. The van der Waals surface area contributed by atoms with Crippen molar-refractivity contribution >= 4 is 17.2 Å². The van der Waals surface area contributed by atoms with Crippen molar-refractivity contribution in [3.63, 3.8) is 0 Å². The summed E-state index contributed by atoms with van der Waals surface area (Å²) in [6, 6.07) is 8.04. The van der Waals surface area contributed by atoms with E-state index in [1.54, 1.807) is 18.4 Å². The third-order valence-electron chi connectivity index (χ3n) is 4.33. The molecular weight excluding hydrogens is 308 g/mol. The summed E-state index contributed by atoms with van der Waals surface area (Å²) in [6.45, 7) is 2.70. The summed E-state index contributed by atoms with van der Waals surface area (Å²) < 4.78 is 5.18. The predicted molar refractivity (Wildman–Crippen MR) is 91.8 cm³/mol. The van der Waals surface area contributed by atoms with E-state index in [-0.39, 0.29) is 11.8 Å². The van der Waals surface area contributed by atoms with Crippen LogP contribution in [-0.2, 0) is 17.8 Å². The van der Waals surface area contributed by atoms with Crippen molar-refractivity contribution in [2.24, 2.45) is 5.92 Å². The average Bonchev–Trinajstić information content (AvgIpc) is 3.26. The maximum absolute atomic E-state index is 12.6. The maximum atomic E-state index is 12.6. The molecule has 1 heterocycles. The van der Waals surface area contributed by atoms with Crippen LogP contribution in [0.4, 0.5) is 0 Å². The van der Waals surface area contributed by atoms with E-state index >= 15 is 0 Å². The van der Waals surface area contributed by atoms with Gasteiger partial charge in [-0.05, 0) is 36.5 Å². The standard InChI is InChI=1S/C18H22N2O2S/c1-4-17-19-13(11-23-17)10-20(2)18(21)16-9-15(16)12-5-7-14(22-3)8-6-12/h5-8,11,15-16H,4,9-10H2,1-3H3/t15-,16+/m0/s1. The minimum Gasteiger partial charge on any atom is -0.497 e. The lowest BCUT2D eigenvalue weighted by molar-refractivity contribution is -0.131. The number of hydrogen-bond acceptors (Lipinski definition) is 4. The second-order valence-corrected chi connectivity index (χ2v) is 6.94. The Morgan fingerprint density at radius 3 is 2.74 bits per heavy atom. The van der Waals surface area contributed by atoms with Crippen LogP contribution in [0, 0.1) is 5.92 Å². The largest absolute Gasteiger partial charge is 0.497 e. The average molecular weight is 330 g/mol. The Bertz CT molecular complexity index is 681. The SMILES string of the molecule is CCc1nc(CN(C)C(=O)[C@@H]2C[C@H]2c2ccc(OC)cc2)cs1. The van der Waals surface area contributed by atoms with Gasteiger partial charge in [0, 0.05) is 18.3 Å². The second kappa shape index (κ2) is 6.71. The van der Waals surface area contributed by atoms with Gasteiger partial charge in [-0.1, -0.05) is 19.1 Å². The van der Waals surface area contributed by atoms with Crippen LogP contribution >= 0.6 is 11.3 Å². The van der Waals surface area contributed by atoms with Crippen LogP contribution < -0.4 is 4.74 Å². The number of benzene rings is 1.